The molecule has 0 saturated carbocycles. The lowest BCUT2D eigenvalue weighted by Gasteiger charge is -2.35. The average molecular weight is 251 g/mol. The van der Waals surface area contributed by atoms with E-state index in [1.165, 1.54) is 19.2 Å². The second-order valence-corrected chi connectivity index (χ2v) is 4.83. The number of nitrogens with one attached hydrogen (secondary N) is 1. The van der Waals surface area contributed by atoms with E-state index in [9.17, 15) is 9.18 Å². The van der Waals surface area contributed by atoms with E-state index in [2.05, 4.69) is 5.32 Å². The number of hydrogen-bond donors (Lipinski definition) is 1. The number of carbonyl (C=O) groups is 1. The second-order valence-electron chi connectivity index (χ2n) is 4.83. The summed E-state index contributed by atoms with van der Waals surface area (Å²) in [6.45, 7) is 1.63. The molecule has 1 aliphatic rings. The first-order valence-corrected chi connectivity index (χ1v) is 6.20. The molecule has 98 valence electrons. The largest absolute Gasteiger partial charge is 0.469 e. The first kappa shape index (κ1) is 13.0. The summed E-state index contributed by atoms with van der Waals surface area (Å²) in [5.41, 5.74) is 0.515. The van der Waals surface area contributed by atoms with Crippen LogP contribution in [0.4, 0.5) is 4.39 Å². The molecule has 1 aromatic carbocycles. The van der Waals surface area contributed by atoms with Gasteiger partial charge in [-0.15, -0.1) is 0 Å². The van der Waals surface area contributed by atoms with Crippen LogP contribution in [-0.4, -0.2) is 26.2 Å². The van der Waals surface area contributed by atoms with Crippen LogP contribution in [0.5, 0.6) is 0 Å². The molecule has 0 aromatic heterocycles. The minimum absolute atomic E-state index is 0.159. The van der Waals surface area contributed by atoms with E-state index >= 15 is 0 Å². The molecule has 2 rings (SSSR count). The molecular formula is C14H18FNO2. The standard InChI is InChI=1S/C14H18FNO2/c1-18-13(17)14(6-8-16-9-7-14)10-11-2-4-12(15)5-3-11/h2-5,16H,6-10H2,1H3. The molecule has 1 saturated heterocycles. The third kappa shape index (κ3) is 2.70. The van der Waals surface area contributed by atoms with E-state index in [1.807, 2.05) is 0 Å². The quantitative estimate of drug-likeness (QED) is 0.834. The Morgan fingerprint density at radius 1 is 1.33 bits per heavy atom. The molecule has 1 aromatic rings. The van der Waals surface area contributed by atoms with Gasteiger partial charge in [-0.05, 0) is 50.0 Å². The Balaban J connectivity index is 2.19. The zero-order valence-electron chi connectivity index (χ0n) is 10.5. The Morgan fingerprint density at radius 3 is 2.50 bits per heavy atom. The van der Waals surface area contributed by atoms with Crippen LogP contribution in [0.2, 0.25) is 0 Å². The average Bonchev–Trinajstić information content (AvgIpc) is 2.41. The van der Waals surface area contributed by atoms with Gasteiger partial charge in [0.05, 0.1) is 12.5 Å². The van der Waals surface area contributed by atoms with E-state index in [-0.39, 0.29) is 11.8 Å². The number of benzene rings is 1. The Morgan fingerprint density at radius 2 is 1.94 bits per heavy atom. The lowest BCUT2D eigenvalue weighted by Crippen LogP contribution is -2.44. The van der Waals surface area contributed by atoms with Gasteiger partial charge in [-0.1, -0.05) is 12.1 Å². The molecule has 3 nitrogen and oxygen atoms in total. The highest BCUT2D eigenvalue weighted by atomic mass is 19.1. The normalized spacial score (nSPS) is 18.3. The van der Waals surface area contributed by atoms with E-state index in [0.29, 0.717) is 6.42 Å². The summed E-state index contributed by atoms with van der Waals surface area (Å²) in [7, 11) is 1.43. The van der Waals surface area contributed by atoms with Crippen LogP contribution in [0.1, 0.15) is 18.4 Å². The maximum Gasteiger partial charge on any atom is 0.312 e. The molecule has 0 bridgehead atoms. The zero-order valence-corrected chi connectivity index (χ0v) is 10.5. The molecule has 18 heavy (non-hydrogen) atoms. The van der Waals surface area contributed by atoms with Gasteiger partial charge in [0, 0.05) is 0 Å². The van der Waals surface area contributed by atoms with Crippen molar-refractivity contribution in [2.24, 2.45) is 5.41 Å². The maximum absolute atomic E-state index is 12.9. The van der Waals surface area contributed by atoms with Gasteiger partial charge in [0.2, 0.25) is 0 Å². The monoisotopic (exact) mass is 251 g/mol. The van der Waals surface area contributed by atoms with E-state index in [4.69, 9.17) is 4.74 Å². The molecule has 1 heterocycles. The number of carbonyl (C=O) groups excluding carboxylic acids is 1. The molecule has 4 heteroatoms. The van der Waals surface area contributed by atoms with E-state index in [0.717, 1.165) is 31.5 Å². The number of piperidine rings is 1. The summed E-state index contributed by atoms with van der Waals surface area (Å²) in [4.78, 5) is 12.0. The van der Waals surface area contributed by atoms with Crippen molar-refractivity contribution in [3.63, 3.8) is 0 Å². The molecule has 0 radical (unpaired) electrons. The number of ether oxygens (including phenoxy) is 1. The SMILES string of the molecule is COC(=O)C1(Cc2ccc(F)cc2)CCNCC1. The van der Waals surface area contributed by atoms with Crippen molar-refractivity contribution in [1.29, 1.82) is 0 Å². The minimum atomic E-state index is -0.460. The number of halogens is 1. The minimum Gasteiger partial charge on any atom is -0.469 e. The van der Waals surface area contributed by atoms with Gasteiger partial charge in [0.15, 0.2) is 0 Å². The maximum atomic E-state index is 12.9. The highest BCUT2D eigenvalue weighted by Crippen LogP contribution is 2.34. The van der Waals surface area contributed by atoms with Gasteiger partial charge in [0.25, 0.3) is 0 Å². The van der Waals surface area contributed by atoms with Crippen LogP contribution < -0.4 is 5.32 Å². The van der Waals surface area contributed by atoms with Crippen molar-refractivity contribution in [2.75, 3.05) is 20.2 Å². The fourth-order valence-electron chi connectivity index (χ4n) is 2.57. The third-order valence-corrected chi connectivity index (χ3v) is 3.63. The van der Waals surface area contributed by atoms with Gasteiger partial charge >= 0.3 is 5.97 Å². The lowest BCUT2D eigenvalue weighted by molar-refractivity contribution is -0.154. The molecule has 1 N–H and O–H groups in total. The number of rotatable bonds is 3. The van der Waals surface area contributed by atoms with Crippen molar-refractivity contribution in [1.82, 2.24) is 5.32 Å². The molecule has 1 aliphatic heterocycles. The van der Waals surface area contributed by atoms with Gasteiger partial charge in [-0.2, -0.15) is 0 Å². The van der Waals surface area contributed by atoms with Crippen LogP contribution >= 0.6 is 0 Å². The molecule has 0 amide bonds. The third-order valence-electron chi connectivity index (χ3n) is 3.63. The Kier molecular flexibility index (Phi) is 3.97. The van der Waals surface area contributed by atoms with Crippen molar-refractivity contribution in [2.45, 2.75) is 19.3 Å². The Bertz CT molecular complexity index is 410. The fourth-order valence-corrected chi connectivity index (χ4v) is 2.57. The van der Waals surface area contributed by atoms with Crippen molar-refractivity contribution < 1.29 is 13.9 Å². The predicted octanol–water partition coefficient (Wildman–Crippen LogP) is 1.91. The van der Waals surface area contributed by atoms with Crippen LogP contribution in [-0.2, 0) is 16.0 Å². The molecule has 0 spiro atoms. The van der Waals surface area contributed by atoms with Gasteiger partial charge in [-0.3, -0.25) is 4.79 Å². The first-order chi connectivity index (χ1) is 8.66. The van der Waals surface area contributed by atoms with Gasteiger partial charge in [-0.25, -0.2) is 4.39 Å². The highest BCUT2D eigenvalue weighted by molar-refractivity contribution is 5.77. The summed E-state index contributed by atoms with van der Waals surface area (Å²) >= 11 is 0. The second kappa shape index (κ2) is 5.48. The summed E-state index contributed by atoms with van der Waals surface area (Å²) in [6, 6.07) is 6.34. The van der Waals surface area contributed by atoms with Gasteiger partial charge in [0.1, 0.15) is 5.82 Å². The van der Waals surface area contributed by atoms with E-state index in [1.54, 1.807) is 12.1 Å². The van der Waals surface area contributed by atoms with Crippen molar-refractivity contribution in [3.8, 4) is 0 Å². The number of hydrogen-bond acceptors (Lipinski definition) is 3. The topological polar surface area (TPSA) is 38.3 Å². The van der Waals surface area contributed by atoms with Crippen molar-refractivity contribution in [3.05, 3.63) is 35.6 Å². The van der Waals surface area contributed by atoms with Crippen LogP contribution in [0, 0.1) is 11.2 Å². The smallest absolute Gasteiger partial charge is 0.312 e. The van der Waals surface area contributed by atoms with Crippen LogP contribution in [0.25, 0.3) is 0 Å². The summed E-state index contributed by atoms with van der Waals surface area (Å²) in [5, 5.41) is 3.25. The van der Waals surface area contributed by atoms with Crippen LogP contribution in [0.3, 0.4) is 0 Å². The summed E-state index contributed by atoms with van der Waals surface area (Å²) in [6.07, 6.45) is 2.13. The molecule has 0 atom stereocenters. The molecule has 0 unspecified atom stereocenters. The molecule has 1 fully saturated rings. The molecular weight excluding hydrogens is 233 g/mol. The lowest BCUT2D eigenvalue weighted by atomic mass is 9.74. The Hall–Kier alpha value is -1.42. The first-order valence-electron chi connectivity index (χ1n) is 6.20. The van der Waals surface area contributed by atoms with Gasteiger partial charge < -0.3 is 10.1 Å². The highest BCUT2D eigenvalue weighted by Gasteiger charge is 2.40. The number of esters is 1. The summed E-state index contributed by atoms with van der Waals surface area (Å²) in [5.74, 6) is -0.412. The van der Waals surface area contributed by atoms with Crippen molar-refractivity contribution >= 4 is 5.97 Å². The summed E-state index contributed by atoms with van der Waals surface area (Å²) < 4.78 is 17.8. The fraction of sp³-hybridized carbons (Fsp3) is 0.500. The predicted molar refractivity (Wildman–Crippen MR) is 66.7 cm³/mol. The van der Waals surface area contributed by atoms with E-state index < -0.39 is 5.41 Å². The van der Waals surface area contributed by atoms with Crippen LogP contribution in [0.15, 0.2) is 24.3 Å². The Labute approximate surface area is 106 Å². The number of methoxy groups -OCH3 is 1. The zero-order chi connectivity index (χ0) is 13.0. The molecule has 0 aliphatic carbocycles.